The number of carboxylic acids is 1. The average molecular weight is 211 g/mol. The van der Waals surface area contributed by atoms with Crippen LogP contribution in [0, 0.1) is 0 Å². The molecule has 0 radical (unpaired) electrons. The van der Waals surface area contributed by atoms with Gasteiger partial charge in [-0.2, -0.15) is 0 Å². The third-order valence-corrected chi connectivity index (χ3v) is 2.47. The molecule has 0 heterocycles. The highest BCUT2D eigenvalue weighted by molar-refractivity contribution is 5.80. The van der Waals surface area contributed by atoms with Crippen molar-refractivity contribution >= 4 is 11.9 Å². The van der Waals surface area contributed by atoms with Crippen LogP contribution in [0.25, 0.3) is 0 Å². The van der Waals surface area contributed by atoms with Crippen LogP contribution in [0.4, 0.5) is 0 Å². The lowest BCUT2D eigenvalue weighted by molar-refractivity contribution is -0.138. The molecular weight excluding hydrogens is 194 g/mol. The molecule has 0 spiro atoms. The second kappa shape index (κ2) is 6.22. The van der Waals surface area contributed by atoms with Crippen LogP contribution in [0.2, 0.25) is 0 Å². The summed E-state index contributed by atoms with van der Waals surface area (Å²) in [6.45, 7) is 0.629. The lowest BCUT2D eigenvalue weighted by Gasteiger charge is -2.04. The highest BCUT2D eigenvalue weighted by atomic mass is 16.4. The van der Waals surface area contributed by atoms with Gasteiger partial charge in [0, 0.05) is 13.0 Å². The zero-order chi connectivity index (χ0) is 11.1. The minimum atomic E-state index is -0.927. The summed E-state index contributed by atoms with van der Waals surface area (Å²) < 4.78 is 0. The Morgan fingerprint density at radius 2 is 2.20 bits per heavy atom. The van der Waals surface area contributed by atoms with Gasteiger partial charge in [0.15, 0.2) is 0 Å². The van der Waals surface area contributed by atoms with Crippen molar-refractivity contribution in [2.75, 3.05) is 6.54 Å². The Balaban J connectivity index is 2.03. The van der Waals surface area contributed by atoms with E-state index in [1.165, 1.54) is 12.0 Å². The number of amides is 1. The first-order chi connectivity index (χ1) is 7.18. The average Bonchev–Trinajstić information content (AvgIpc) is 2.67. The van der Waals surface area contributed by atoms with E-state index in [2.05, 4.69) is 11.4 Å². The summed E-state index contributed by atoms with van der Waals surface area (Å²) in [5.41, 5.74) is 1.41. The lowest BCUT2D eigenvalue weighted by Crippen LogP contribution is -2.25. The summed E-state index contributed by atoms with van der Waals surface area (Å²) in [5.74, 6) is -1.10. The molecule has 0 fully saturated rings. The molecule has 0 aromatic carbocycles. The number of rotatable bonds is 6. The molecule has 1 amide bonds. The molecule has 15 heavy (non-hydrogen) atoms. The van der Waals surface area contributed by atoms with E-state index in [9.17, 15) is 9.59 Å². The molecule has 4 heteroatoms. The number of allylic oxidation sites excluding steroid dienone is 1. The fraction of sp³-hybridized carbons (Fsp3) is 0.636. The van der Waals surface area contributed by atoms with Crippen LogP contribution >= 0.6 is 0 Å². The van der Waals surface area contributed by atoms with Crippen LogP contribution < -0.4 is 5.32 Å². The number of hydrogen-bond acceptors (Lipinski definition) is 2. The van der Waals surface area contributed by atoms with E-state index in [1.807, 2.05) is 0 Å². The summed E-state index contributed by atoms with van der Waals surface area (Å²) in [7, 11) is 0. The zero-order valence-electron chi connectivity index (χ0n) is 8.79. The Morgan fingerprint density at radius 1 is 1.40 bits per heavy atom. The van der Waals surface area contributed by atoms with Gasteiger partial charge < -0.3 is 10.4 Å². The summed E-state index contributed by atoms with van der Waals surface area (Å²) in [4.78, 5) is 21.3. The lowest BCUT2D eigenvalue weighted by atomic mass is 10.1. The van der Waals surface area contributed by atoms with Crippen LogP contribution in [-0.2, 0) is 9.59 Å². The molecular formula is C11H17NO3. The third-order valence-electron chi connectivity index (χ3n) is 2.47. The second-order valence-corrected chi connectivity index (χ2v) is 3.75. The van der Waals surface area contributed by atoms with Crippen molar-refractivity contribution in [3.8, 4) is 0 Å². The van der Waals surface area contributed by atoms with Crippen LogP contribution in [0.3, 0.4) is 0 Å². The van der Waals surface area contributed by atoms with Crippen molar-refractivity contribution in [1.82, 2.24) is 5.32 Å². The monoisotopic (exact) mass is 211 g/mol. The smallest absolute Gasteiger partial charge is 0.303 e. The van der Waals surface area contributed by atoms with E-state index < -0.39 is 5.97 Å². The molecule has 0 aromatic rings. The van der Waals surface area contributed by atoms with Gasteiger partial charge in [-0.05, 0) is 25.7 Å². The molecule has 1 rings (SSSR count). The van der Waals surface area contributed by atoms with Crippen molar-refractivity contribution < 1.29 is 14.7 Å². The van der Waals surface area contributed by atoms with Crippen molar-refractivity contribution in [3.63, 3.8) is 0 Å². The Kier molecular flexibility index (Phi) is 4.87. The Morgan fingerprint density at radius 3 is 2.80 bits per heavy atom. The number of hydrogen-bond donors (Lipinski definition) is 2. The van der Waals surface area contributed by atoms with Crippen LogP contribution in [0.15, 0.2) is 11.6 Å². The summed E-state index contributed by atoms with van der Waals surface area (Å²) in [6.07, 6.45) is 6.64. The minimum absolute atomic E-state index is 0.0778. The van der Waals surface area contributed by atoms with Gasteiger partial charge in [-0.3, -0.25) is 9.59 Å². The topological polar surface area (TPSA) is 66.4 Å². The van der Waals surface area contributed by atoms with Gasteiger partial charge in [0.1, 0.15) is 0 Å². The van der Waals surface area contributed by atoms with Gasteiger partial charge >= 0.3 is 5.97 Å². The van der Waals surface area contributed by atoms with E-state index in [0.29, 0.717) is 6.54 Å². The van der Waals surface area contributed by atoms with Crippen molar-refractivity contribution in [1.29, 1.82) is 0 Å². The Hall–Kier alpha value is -1.32. The highest BCUT2D eigenvalue weighted by Crippen LogP contribution is 2.19. The molecule has 0 bridgehead atoms. The molecule has 0 aliphatic heterocycles. The molecule has 0 aromatic heterocycles. The van der Waals surface area contributed by atoms with Gasteiger partial charge in [0.2, 0.25) is 5.91 Å². The normalized spacial score (nSPS) is 14.8. The number of aliphatic carboxylic acids is 1. The predicted molar refractivity (Wildman–Crippen MR) is 56.4 cm³/mol. The first-order valence-corrected chi connectivity index (χ1v) is 5.35. The van der Waals surface area contributed by atoms with Crippen LogP contribution in [0.1, 0.15) is 38.5 Å². The molecule has 4 nitrogen and oxygen atoms in total. The van der Waals surface area contributed by atoms with Crippen LogP contribution in [0.5, 0.6) is 0 Å². The predicted octanol–water partition coefficient (Wildman–Crippen LogP) is 1.47. The van der Waals surface area contributed by atoms with Crippen molar-refractivity contribution in [3.05, 3.63) is 11.6 Å². The minimum Gasteiger partial charge on any atom is -0.481 e. The maximum Gasteiger partial charge on any atom is 0.303 e. The molecule has 0 saturated heterocycles. The van der Waals surface area contributed by atoms with E-state index in [1.54, 1.807) is 0 Å². The number of carbonyl (C=O) groups is 2. The first-order valence-electron chi connectivity index (χ1n) is 5.35. The first kappa shape index (κ1) is 11.8. The van der Waals surface area contributed by atoms with Gasteiger partial charge in [-0.1, -0.05) is 11.6 Å². The molecule has 0 atom stereocenters. The van der Waals surface area contributed by atoms with Gasteiger partial charge in [-0.25, -0.2) is 0 Å². The Bertz CT molecular complexity index is 271. The van der Waals surface area contributed by atoms with E-state index >= 15 is 0 Å². The van der Waals surface area contributed by atoms with Crippen LogP contribution in [-0.4, -0.2) is 23.5 Å². The summed E-state index contributed by atoms with van der Waals surface area (Å²) >= 11 is 0. The van der Waals surface area contributed by atoms with Gasteiger partial charge in [0.25, 0.3) is 0 Å². The quantitative estimate of drug-likeness (QED) is 0.654. The third kappa shape index (κ3) is 5.20. The largest absolute Gasteiger partial charge is 0.481 e. The van der Waals surface area contributed by atoms with Crippen molar-refractivity contribution in [2.45, 2.75) is 38.5 Å². The molecule has 1 aliphatic carbocycles. The highest BCUT2D eigenvalue weighted by Gasteiger charge is 2.06. The van der Waals surface area contributed by atoms with Crippen molar-refractivity contribution in [2.24, 2.45) is 0 Å². The molecule has 84 valence electrons. The summed E-state index contributed by atoms with van der Waals surface area (Å²) in [6, 6.07) is 0. The Labute approximate surface area is 89.4 Å². The number of nitrogens with one attached hydrogen (secondary N) is 1. The fourth-order valence-electron chi connectivity index (χ4n) is 1.64. The summed E-state index contributed by atoms with van der Waals surface area (Å²) in [5, 5.41) is 11.1. The van der Waals surface area contributed by atoms with E-state index in [4.69, 9.17) is 5.11 Å². The second-order valence-electron chi connectivity index (χ2n) is 3.75. The molecule has 2 N–H and O–H groups in total. The molecule has 0 unspecified atom stereocenters. The van der Waals surface area contributed by atoms with Gasteiger partial charge in [-0.15, -0.1) is 0 Å². The maximum absolute atomic E-state index is 11.1. The molecule has 0 saturated carbocycles. The number of carbonyl (C=O) groups excluding carboxylic acids is 1. The SMILES string of the molecule is O=C(O)CCC(=O)NCCC1=CCCC1. The standard InChI is InChI=1S/C11H17NO3/c13-10(5-6-11(14)15)12-8-7-9-3-1-2-4-9/h3H,1-2,4-8H2,(H,12,13)(H,14,15). The zero-order valence-corrected chi connectivity index (χ0v) is 8.79. The fourth-order valence-corrected chi connectivity index (χ4v) is 1.64. The van der Waals surface area contributed by atoms with Gasteiger partial charge in [0.05, 0.1) is 6.42 Å². The van der Waals surface area contributed by atoms with E-state index in [0.717, 1.165) is 19.3 Å². The molecule has 1 aliphatic rings. The number of carboxylic acid groups (broad SMARTS) is 1. The van der Waals surface area contributed by atoms with E-state index in [-0.39, 0.29) is 18.7 Å². The maximum atomic E-state index is 11.1.